The van der Waals surface area contributed by atoms with Gasteiger partial charge in [-0.15, -0.1) is 24.8 Å². The molecule has 0 radical (unpaired) electrons. The number of unbranched alkanes of at least 4 members (excludes halogenated alkanes) is 2. The zero-order valence-electron chi connectivity index (χ0n) is 25.4. The van der Waals surface area contributed by atoms with E-state index in [1.165, 1.54) is 12.8 Å². The highest BCUT2D eigenvalue weighted by atomic mass is 35.5. The van der Waals surface area contributed by atoms with Gasteiger partial charge in [0.1, 0.15) is 18.2 Å². The van der Waals surface area contributed by atoms with Gasteiger partial charge in [0, 0.05) is 29.7 Å². The van der Waals surface area contributed by atoms with Crippen LogP contribution in [0.2, 0.25) is 0 Å². The fourth-order valence-corrected chi connectivity index (χ4v) is 5.89. The van der Waals surface area contributed by atoms with Crippen LogP contribution in [0.5, 0.6) is 5.75 Å². The molecule has 1 saturated heterocycles. The number of ether oxygens (including phenoxy) is 1. The Hall–Kier alpha value is -2.63. The van der Waals surface area contributed by atoms with Crippen molar-refractivity contribution in [3.8, 4) is 5.75 Å². The van der Waals surface area contributed by atoms with Crippen LogP contribution in [0.4, 0.5) is 23.1 Å². The molecule has 1 aliphatic rings. The largest absolute Gasteiger partial charge is 0.492 e. The SMILES string of the molecule is CCCCc1ccc(S(N)(=O)=O)c(CCCC)c1Nc1nc(Nc2ccc(OCCN3CCCC3)cc2)ncc1C.Cl.Cl. The van der Waals surface area contributed by atoms with Gasteiger partial charge in [0.15, 0.2) is 0 Å². The number of nitrogens with one attached hydrogen (secondary N) is 2. The highest BCUT2D eigenvalue weighted by Crippen LogP contribution is 2.33. The van der Waals surface area contributed by atoms with Crippen molar-refractivity contribution in [1.29, 1.82) is 0 Å². The monoisotopic (exact) mass is 652 g/mol. The average Bonchev–Trinajstić information content (AvgIpc) is 3.47. The van der Waals surface area contributed by atoms with E-state index in [2.05, 4.69) is 34.4 Å². The molecule has 3 aromatic rings. The molecule has 0 amide bonds. The minimum atomic E-state index is -3.89. The zero-order chi connectivity index (χ0) is 29.2. The smallest absolute Gasteiger partial charge is 0.238 e. The second-order valence-electron chi connectivity index (χ2n) is 10.7. The molecule has 1 fully saturated rings. The summed E-state index contributed by atoms with van der Waals surface area (Å²) in [6.45, 7) is 10.1. The summed E-state index contributed by atoms with van der Waals surface area (Å²) < 4.78 is 31.0. The maximum absolute atomic E-state index is 12.5. The number of aromatic nitrogens is 2. The van der Waals surface area contributed by atoms with E-state index >= 15 is 0 Å². The van der Waals surface area contributed by atoms with Gasteiger partial charge in [0.05, 0.1) is 4.90 Å². The molecule has 238 valence electrons. The van der Waals surface area contributed by atoms with Crippen LogP contribution in [0.15, 0.2) is 47.5 Å². The predicted molar refractivity (Wildman–Crippen MR) is 180 cm³/mol. The summed E-state index contributed by atoms with van der Waals surface area (Å²) in [6.07, 6.45) is 9.55. The first-order valence-corrected chi connectivity index (χ1v) is 16.3. The van der Waals surface area contributed by atoms with Gasteiger partial charge in [0.2, 0.25) is 16.0 Å². The number of sulfonamides is 1. The molecule has 9 nitrogen and oxygen atoms in total. The van der Waals surface area contributed by atoms with E-state index in [4.69, 9.17) is 14.9 Å². The first-order valence-electron chi connectivity index (χ1n) is 14.8. The van der Waals surface area contributed by atoms with E-state index in [9.17, 15) is 8.42 Å². The fraction of sp³-hybridized carbons (Fsp3) is 0.484. The molecule has 0 atom stereocenters. The van der Waals surface area contributed by atoms with Gasteiger partial charge in [-0.2, -0.15) is 4.98 Å². The lowest BCUT2D eigenvalue weighted by atomic mass is 9.98. The van der Waals surface area contributed by atoms with Crippen molar-refractivity contribution in [3.05, 3.63) is 59.3 Å². The Morgan fingerprint density at radius 3 is 2.28 bits per heavy atom. The molecular weight excluding hydrogens is 607 g/mol. The van der Waals surface area contributed by atoms with Crippen LogP contribution in [-0.4, -0.2) is 49.5 Å². The molecule has 4 N–H and O–H groups in total. The third-order valence-electron chi connectivity index (χ3n) is 7.44. The maximum atomic E-state index is 12.5. The number of hydrogen-bond acceptors (Lipinski definition) is 8. The maximum Gasteiger partial charge on any atom is 0.238 e. The van der Waals surface area contributed by atoms with Crippen LogP contribution >= 0.6 is 24.8 Å². The number of anilines is 4. The average molecular weight is 654 g/mol. The fourth-order valence-electron chi connectivity index (χ4n) is 5.09. The molecule has 1 aliphatic heterocycles. The van der Waals surface area contributed by atoms with Crippen molar-refractivity contribution in [2.75, 3.05) is 36.9 Å². The third kappa shape index (κ3) is 10.5. The Bertz CT molecular complexity index is 1400. The minimum Gasteiger partial charge on any atom is -0.492 e. The summed E-state index contributed by atoms with van der Waals surface area (Å²) in [7, 11) is -3.89. The molecule has 0 aliphatic carbocycles. The number of nitrogens with two attached hydrogens (primary N) is 1. The Balaban J connectivity index is 0.00000323. The second-order valence-corrected chi connectivity index (χ2v) is 12.3. The van der Waals surface area contributed by atoms with Gasteiger partial charge in [-0.25, -0.2) is 18.5 Å². The second kappa shape index (κ2) is 17.6. The van der Waals surface area contributed by atoms with Crippen molar-refractivity contribution in [2.24, 2.45) is 5.14 Å². The number of nitrogens with zero attached hydrogens (tertiary/aromatic N) is 3. The van der Waals surface area contributed by atoms with Crippen LogP contribution < -0.4 is 20.5 Å². The van der Waals surface area contributed by atoms with Crippen molar-refractivity contribution in [2.45, 2.75) is 77.0 Å². The van der Waals surface area contributed by atoms with E-state index in [0.29, 0.717) is 24.8 Å². The van der Waals surface area contributed by atoms with E-state index < -0.39 is 10.0 Å². The molecule has 2 aromatic carbocycles. The summed E-state index contributed by atoms with van der Waals surface area (Å²) in [4.78, 5) is 11.8. The molecule has 12 heteroatoms. The number of likely N-dealkylation sites (tertiary alicyclic amines) is 1. The van der Waals surface area contributed by atoms with Gasteiger partial charge >= 0.3 is 0 Å². The summed E-state index contributed by atoms with van der Waals surface area (Å²) in [6, 6.07) is 11.3. The minimum absolute atomic E-state index is 0. The Morgan fingerprint density at radius 1 is 0.953 bits per heavy atom. The lowest BCUT2D eigenvalue weighted by Crippen LogP contribution is -2.25. The highest BCUT2D eigenvalue weighted by molar-refractivity contribution is 7.89. The van der Waals surface area contributed by atoms with Crippen LogP contribution in [-0.2, 0) is 22.9 Å². The highest BCUT2D eigenvalue weighted by Gasteiger charge is 2.21. The van der Waals surface area contributed by atoms with Crippen molar-refractivity contribution in [1.82, 2.24) is 14.9 Å². The zero-order valence-corrected chi connectivity index (χ0v) is 27.8. The van der Waals surface area contributed by atoms with E-state index in [0.717, 1.165) is 85.6 Å². The standard InChI is InChI=1S/C31H44N6O3S.2ClH/c1-4-6-10-24-12-17-28(41(32,38)39)27(11-7-5-2)29(24)35-30-23(3)22-33-31(36-30)34-25-13-15-26(16-14-25)40-21-20-37-18-8-9-19-37;;/h12-17,22H,4-11,18-21H2,1-3H3,(H2,32,38,39)(H2,33,34,35,36);2*1H. The number of primary sulfonamides is 1. The molecule has 0 unspecified atom stereocenters. The molecular formula is C31H46Cl2N6O3S. The van der Waals surface area contributed by atoms with Crippen LogP contribution in [0, 0.1) is 6.92 Å². The summed E-state index contributed by atoms with van der Waals surface area (Å²) in [5, 5.41) is 12.4. The molecule has 43 heavy (non-hydrogen) atoms. The lowest BCUT2D eigenvalue weighted by molar-refractivity contribution is 0.238. The van der Waals surface area contributed by atoms with Crippen molar-refractivity contribution < 1.29 is 13.2 Å². The number of aryl methyl sites for hydroxylation is 2. The molecule has 0 saturated carbocycles. The predicted octanol–water partition coefficient (Wildman–Crippen LogP) is 6.92. The molecule has 4 rings (SSSR count). The first-order chi connectivity index (χ1) is 19.8. The molecule has 0 spiro atoms. The number of hydrogen-bond donors (Lipinski definition) is 3. The summed E-state index contributed by atoms with van der Waals surface area (Å²) in [5.41, 5.74) is 4.24. The van der Waals surface area contributed by atoms with Crippen molar-refractivity contribution >= 4 is 58.0 Å². The van der Waals surface area contributed by atoms with E-state index in [-0.39, 0.29) is 29.7 Å². The van der Waals surface area contributed by atoms with Crippen molar-refractivity contribution in [3.63, 3.8) is 0 Å². The normalized spacial score (nSPS) is 13.2. The van der Waals surface area contributed by atoms with E-state index in [1.807, 2.05) is 37.3 Å². The van der Waals surface area contributed by atoms with Crippen LogP contribution in [0.25, 0.3) is 0 Å². The van der Waals surface area contributed by atoms with Gasteiger partial charge in [0.25, 0.3) is 0 Å². The first kappa shape index (κ1) is 36.6. The molecule has 2 heterocycles. The quantitative estimate of drug-likeness (QED) is 0.162. The van der Waals surface area contributed by atoms with E-state index in [1.54, 1.807) is 12.3 Å². The topological polar surface area (TPSA) is 122 Å². The number of rotatable bonds is 15. The number of halogens is 2. The van der Waals surface area contributed by atoms with Crippen LogP contribution in [0.1, 0.15) is 69.1 Å². The Morgan fingerprint density at radius 2 is 1.63 bits per heavy atom. The van der Waals surface area contributed by atoms with Gasteiger partial charge in [-0.1, -0.05) is 32.8 Å². The van der Waals surface area contributed by atoms with Crippen LogP contribution in [0.3, 0.4) is 0 Å². The molecule has 1 aromatic heterocycles. The third-order valence-corrected chi connectivity index (χ3v) is 8.44. The summed E-state index contributed by atoms with van der Waals surface area (Å²) in [5.74, 6) is 1.89. The summed E-state index contributed by atoms with van der Waals surface area (Å²) >= 11 is 0. The molecule has 0 bridgehead atoms. The lowest BCUT2D eigenvalue weighted by Gasteiger charge is -2.20. The van der Waals surface area contributed by atoms with Gasteiger partial charge in [-0.05, 0) is 100.0 Å². The van der Waals surface area contributed by atoms with Gasteiger partial charge in [-0.3, -0.25) is 4.90 Å². The van der Waals surface area contributed by atoms with Gasteiger partial charge < -0.3 is 15.4 Å². The Labute approximate surface area is 269 Å². The number of benzene rings is 2. The Kier molecular flexibility index (Phi) is 15.0.